The largest absolute Gasteiger partial charge is 0.478 e. The summed E-state index contributed by atoms with van der Waals surface area (Å²) in [6.45, 7) is 4.89. The van der Waals surface area contributed by atoms with Gasteiger partial charge in [-0.15, -0.1) is 11.3 Å². The minimum atomic E-state index is 0.329. The standard InChI is InChI=1S/C12H16N4OS/c1-8(12-16-9(2)7-18-12)6-15-10-11(17-3)14-5-4-13-10/h4-5,7-8H,6H2,1-3H3,(H,13,15). The molecule has 2 aromatic heterocycles. The lowest BCUT2D eigenvalue weighted by Gasteiger charge is -2.12. The Labute approximate surface area is 110 Å². The molecule has 96 valence electrons. The highest BCUT2D eigenvalue weighted by Gasteiger charge is 2.11. The Morgan fingerprint density at radius 1 is 1.39 bits per heavy atom. The third-order valence-corrected chi connectivity index (χ3v) is 3.69. The summed E-state index contributed by atoms with van der Waals surface area (Å²) in [5, 5.41) is 6.43. The molecule has 0 aromatic carbocycles. The lowest BCUT2D eigenvalue weighted by atomic mass is 10.2. The molecule has 1 N–H and O–H groups in total. The van der Waals surface area contributed by atoms with E-state index in [1.165, 1.54) is 0 Å². The van der Waals surface area contributed by atoms with E-state index >= 15 is 0 Å². The predicted octanol–water partition coefficient (Wildman–Crippen LogP) is 2.47. The third-order valence-electron chi connectivity index (χ3n) is 2.49. The molecule has 2 rings (SSSR count). The maximum absolute atomic E-state index is 5.14. The Balaban J connectivity index is 1.99. The quantitative estimate of drug-likeness (QED) is 0.899. The molecule has 1 atom stereocenters. The topological polar surface area (TPSA) is 59.9 Å². The van der Waals surface area contributed by atoms with Gasteiger partial charge < -0.3 is 10.1 Å². The van der Waals surface area contributed by atoms with Crippen molar-refractivity contribution in [3.05, 3.63) is 28.5 Å². The van der Waals surface area contributed by atoms with Crippen LogP contribution < -0.4 is 10.1 Å². The SMILES string of the molecule is COc1nccnc1NCC(C)c1nc(C)cs1. The van der Waals surface area contributed by atoms with E-state index in [2.05, 4.69) is 32.6 Å². The highest BCUT2D eigenvalue weighted by molar-refractivity contribution is 7.09. The summed E-state index contributed by atoms with van der Waals surface area (Å²) in [5.74, 6) is 1.51. The van der Waals surface area contributed by atoms with Crippen LogP contribution in [0.3, 0.4) is 0 Å². The first-order valence-electron chi connectivity index (χ1n) is 5.71. The lowest BCUT2D eigenvalue weighted by Crippen LogP contribution is -2.12. The van der Waals surface area contributed by atoms with Crippen molar-refractivity contribution >= 4 is 17.2 Å². The van der Waals surface area contributed by atoms with Gasteiger partial charge in [-0.05, 0) is 6.92 Å². The zero-order valence-electron chi connectivity index (χ0n) is 10.7. The second-order valence-corrected chi connectivity index (χ2v) is 4.91. The van der Waals surface area contributed by atoms with E-state index in [4.69, 9.17) is 4.74 Å². The van der Waals surface area contributed by atoms with E-state index in [-0.39, 0.29) is 0 Å². The van der Waals surface area contributed by atoms with E-state index < -0.39 is 0 Å². The first-order chi connectivity index (χ1) is 8.70. The Hall–Kier alpha value is -1.69. The third kappa shape index (κ3) is 2.95. The van der Waals surface area contributed by atoms with Crippen molar-refractivity contribution in [1.29, 1.82) is 0 Å². The molecule has 0 aliphatic rings. The Kier molecular flexibility index (Phi) is 4.09. The molecule has 0 aliphatic carbocycles. The zero-order valence-corrected chi connectivity index (χ0v) is 11.5. The molecule has 0 fully saturated rings. The monoisotopic (exact) mass is 264 g/mol. The average molecular weight is 264 g/mol. The minimum absolute atomic E-state index is 0.329. The smallest absolute Gasteiger partial charge is 0.257 e. The summed E-state index contributed by atoms with van der Waals surface area (Å²) < 4.78 is 5.14. The molecule has 0 aliphatic heterocycles. The fourth-order valence-corrected chi connectivity index (χ4v) is 2.39. The average Bonchev–Trinajstić information content (AvgIpc) is 2.83. The molecule has 0 amide bonds. The highest BCUT2D eigenvalue weighted by Crippen LogP contribution is 2.22. The molecule has 2 aromatic rings. The van der Waals surface area contributed by atoms with Gasteiger partial charge in [0.25, 0.3) is 5.88 Å². The van der Waals surface area contributed by atoms with Crippen molar-refractivity contribution in [3.63, 3.8) is 0 Å². The number of nitrogens with zero attached hydrogens (tertiary/aromatic N) is 3. The Morgan fingerprint density at radius 3 is 2.83 bits per heavy atom. The fraction of sp³-hybridized carbons (Fsp3) is 0.417. The molecule has 0 saturated heterocycles. The number of aryl methyl sites for hydroxylation is 1. The van der Waals surface area contributed by atoms with Gasteiger partial charge in [-0.2, -0.15) is 0 Å². The molecular formula is C12H16N4OS. The fourth-order valence-electron chi connectivity index (χ4n) is 1.53. The van der Waals surface area contributed by atoms with Crippen molar-refractivity contribution in [2.45, 2.75) is 19.8 Å². The number of hydrogen-bond donors (Lipinski definition) is 1. The van der Waals surface area contributed by atoms with E-state index in [9.17, 15) is 0 Å². The van der Waals surface area contributed by atoms with E-state index in [0.717, 1.165) is 17.2 Å². The Bertz CT molecular complexity index is 514. The minimum Gasteiger partial charge on any atom is -0.478 e. The zero-order chi connectivity index (χ0) is 13.0. The van der Waals surface area contributed by atoms with Crippen LogP contribution in [0, 0.1) is 6.92 Å². The molecule has 0 saturated carbocycles. The van der Waals surface area contributed by atoms with Crippen LogP contribution in [0.4, 0.5) is 5.82 Å². The molecule has 18 heavy (non-hydrogen) atoms. The molecule has 0 spiro atoms. The van der Waals surface area contributed by atoms with Crippen LogP contribution >= 0.6 is 11.3 Å². The number of methoxy groups -OCH3 is 1. The van der Waals surface area contributed by atoms with Crippen LogP contribution in [0.25, 0.3) is 0 Å². The first-order valence-corrected chi connectivity index (χ1v) is 6.59. The molecule has 0 bridgehead atoms. The summed E-state index contributed by atoms with van der Waals surface area (Å²) >= 11 is 1.68. The molecular weight excluding hydrogens is 248 g/mol. The number of anilines is 1. The molecule has 1 unspecified atom stereocenters. The van der Waals surface area contributed by atoms with E-state index in [1.807, 2.05) is 6.92 Å². The molecule has 0 radical (unpaired) electrons. The van der Waals surface area contributed by atoms with E-state index in [1.54, 1.807) is 30.8 Å². The van der Waals surface area contributed by atoms with Crippen molar-refractivity contribution < 1.29 is 4.74 Å². The molecule has 6 heteroatoms. The van der Waals surface area contributed by atoms with Crippen LogP contribution in [0.2, 0.25) is 0 Å². The predicted molar refractivity (Wildman–Crippen MR) is 72.3 cm³/mol. The summed E-state index contributed by atoms with van der Waals surface area (Å²) in [4.78, 5) is 12.8. The first kappa shape index (κ1) is 12.8. The van der Waals surface area contributed by atoms with Crippen molar-refractivity contribution in [2.24, 2.45) is 0 Å². The van der Waals surface area contributed by atoms with Gasteiger partial charge in [0.2, 0.25) is 0 Å². The van der Waals surface area contributed by atoms with Crippen molar-refractivity contribution in [2.75, 3.05) is 19.0 Å². The van der Waals surface area contributed by atoms with Crippen molar-refractivity contribution in [3.8, 4) is 5.88 Å². The van der Waals surface area contributed by atoms with E-state index in [0.29, 0.717) is 17.6 Å². The van der Waals surface area contributed by atoms with Gasteiger partial charge in [0.05, 0.1) is 12.1 Å². The summed E-state index contributed by atoms with van der Waals surface area (Å²) in [7, 11) is 1.59. The molecule has 5 nitrogen and oxygen atoms in total. The molecule has 2 heterocycles. The number of ether oxygens (including phenoxy) is 1. The summed E-state index contributed by atoms with van der Waals surface area (Å²) in [6, 6.07) is 0. The normalized spacial score (nSPS) is 12.2. The van der Waals surface area contributed by atoms with Crippen LogP contribution in [0.15, 0.2) is 17.8 Å². The van der Waals surface area contributed by atoms with Gasteiger partial charge in [-0.1, -0.05) is 6.92 Å². The highest BCUT2D eigenvalue weighted by atomic mass is 32.1. The summed E-state index contributed by atoms with van der Waals surface area (Å²) in [6.07, 6.45) is 3.25. The summed E-state index contributed by atoms with van der Waals surface area (Å²) in [5.41, 5.74) is 1.07. The second-order valence-electron chi connectivity index (χ2n) is 4.02. The van der Waals surface area contributed by atoms with Gasteiger partial charge in [0.1, 0.15) is 0 Å². The Morgan fingerprint density at radius 2 is 2.17 bits per heavy atom. The van der Waals surface area contributed by atoms with Crippen LogP contribution in [0.1, 0.15) is 23.5 Å². The van der Waals surface area contributed by atoms with Gasteiger partial charge in [0.15, 0.2) is 5.82 Å². The second kappa shape index (κ2) is 5.77. The van der Waals surface area contributed by atoms with Gasteiger partial charge in [-0.3, -0.25) is 0 Å². The number of rotatable bonds is 5. The number of aromatic nitrogens is 3. The van der Waals surface area contributed by atoms with Gasteiger partial charge in [-0.25, -0.2) is 15.0 Å². The number of hydrogen-bond acceptors (Lipinski definition) is 6. The number of thiazole rings is 1. The van der Waals surface area contributed by atoms with Crippen molar-refractivity contribution in [1.82, 2.24) is 15.0 Å². The number of nitrogens with one attached hydrogen (secondary N) is 1. The maximum atomic E-state index is 5.14. The maximum Gasteiger partial charge on any atom is 0.257 e. The van der Waals surface area contributed by atoms with Gasteiger partial charge >= 0.3 is 0 Å². The van der Waals surface area contributed by atoms with Crippen LogP contribution in [-0.4, -0.2) is 28.6 Å². The van der Waals surface area contributed by atoms with Gasteiger partial charge in [0, 0.05) is 35.9 Å². The van der Waals surface area contributed by atoms with Crippen LogP contribution in [-0.2, 0) is 0 Å². The lowest BCUT2D eigenvalue weighted by molar-refractivity contribution is 0.397. The van der Waals surface area contributed by atoms with Crippen LogP contribution in [0.5, 0.6) is 5.88 Å².